The molecule has 4 saturated carbocycles. The fourth-order valence-electron chi connectivity index (χ4n) is 6.66. The van der Waals surface area contributed by atoms with Crippen molar-refractivity contribution in [1.29, 1.82) is 0 Å². The minimum atomic E-state index is -0.834. The fraction of sp³-hybridized carbons (Fsp3) is 0.560. The van der Waals surface area contributed by atoms with Gasteiger partial charge in [0.1, 0.15) is 5.56 Å². The maximum absolute atomic E-state index is 13.0. The number of aryl methyl sites for hydroxylation is 1. The van der Waals surface area contributed by atoms with Crippen LogP contribution in [0.4, 0.5) is 0 Å². The van der Waals surface area contributed by atoms with E-state index in [1.54, 1.807) is 18.5 Å². The maximum atomic E-state index is 13.0. The summed E-state index contributed by atoms with van der Waals surface area (Å²) in [5, 5.41) is 7.82. The molecule has 6 rings (SSSR count). The SMILES string of the molecule is Cc1nn(-c2ccccc2)c(C)c1C(=O)O[C@H](C)C(=O)NC12CC3CC(CC(C3)C1)C2. The van der Waals surface area contributed by atoms with E-state index in [0.717, 1.165) is 42.7 Å². The van der Waals surface area contributed by atoms with E-state index in [-0.39, 0.29) is 11.4 Å². The molecule has 0 radical (unpaired) electrons. The van der Waals surface area contributed by atoms with E-state index in [0.29, 0.717) is 17.0 Å². The fourth-order valence-corrected chi connectivity index (χ4v) is 6.66. The van der Waals surface area contributed by atoms with Crippen LogP contribution in [0.15, 0.2) is 30.3 Å². The summed E-state index contributed by atoms with van der Waals surface area (Å²) in [6.07, 6.45) is 6.37. The highest BCUT2D eigenvalue weighted by atomic mass is 16.5. The Morgan fingerprint density at radius 2 is 1.65 bits per heavy atom. The predicted molar refractivity (Wildman–Crippen MR) is 117 cm³/mol. The molecule has 164 valence electrons. The van der Waals surface area contributed by atoms with Crippen LogP contribution in [0.2, 0.25) is 0 Å². The predicted octanol–water partition coefficient (Wildman–Crippen LogP) is 4.12. The quantitative estimate of drug-likeness (QED) is 0.737. The molecular weight excluding hydrogens is 390 g/mol. The summed E-state index contributed by atoms with van der Waals surface area (Å²) in [5.41, 5.74) is 2.53. The number of aromatic nitrogens is 2. The van der Waals surface area contributed by atoms with Gasteiger partial charge in [-0.25, -0.2) is 9.48 Å². The molecule has 1 heterocycles. The van der Waals surface area contributed by atoms with Gasteiger partial charge in [0.05, 0.1) is 17.1 Å². The van der Waals surface area contributed by atoms with Crippen LogP contribution in [0.5, 0.6) is 0 Å². The molecule has 6 heteroatoms. The van der Waals surface area contributed by atoms with Crippen molar-refractivity contribution in [3.63, 3.8) is 0 Å². The third-order valence-electron chi connectivity index (χ3n) is 7.58. The van der Waals surface area contributed by atoms with Crippen molar-refractivity contribution >= 4 is 11.9 Å². The van der Waals surface area contributed by atoms with E-state index in [9.17, 15) is 9.59 Å². The normalized spacial score (nSPS) is 29.6. The van der Waals surface area contributed by atoms with Gasteiger partial charge in [0.15, 0.2) is 6.10 Å². The summed E-state index contributed by atoms with van der Waals surface area (Å²) in [6.45, 7) is 5.31. The van der Waals surface area contributed by atoms with Gasteiger partial charge >= 0.3 is 5.97 Å². The summed E-state index contributed by atoms with van der Waals surface area (Å²) < 4.78 is 7.36. The summed E-state index contributed by atoms with van der Waals surface area (Å²) in [7, 11) is 0. The first-order valence-electron chi connectivity index (χ1n) is 11.5. The highest BCUT2D eigenvalue weighted by Crippen LogP contribution is 2.55. The first-order chi connectivity index (χ1) is 14.8. The lowest BCUT2D eigenvalue weighted by Crippen LogP contribution is -2.61. The first-order valence-corrected chi connectivity index (χ1v) is 11.5. The molecular formula is C25H31N3O3. The standard InChI is InChI=1S/C25H31N3O3/c1-15-22(16(2)28(27-15)21-7-5-4-6-8-21)24(30)31-17(3)23(29)26-25-12-18-9-19(13-25)11-20(10-18)14-25/h4-8,17-20H,9-14H2,1-3H3,(H,26,29)/t17-,18?,19?,20?,25?/m1/s1. The Balaban J connectivity index is 1.28. The topological polar surface area (TPSA) is 73.2 Å². The lowest BCUT2D eigenvalue weighted by Gasteiger charge is -2.57. The molecule has 4 bridgehead atoms. The van der Waals surface area contributed by atoms with Crippen molar-refractivity contribution in [2.75, 3.05) is 0 Å². The van der Waals surface area contributed by atoms with Gasteiger partial charge in [-0.3, -0.25) is 4.79 Å². The number of esters is 1. The number of para-hydroxylation sites is 1. The number of carbonyl (C=O) groups excluding carboxylic acids is 2. The zero-order valence-corrected chi connectivity index (χ0v) is 18.6. The minimum Gasteiger partial charge on any atom is -0.449 e. The molecule has 1 N–H and O–H groups in total. The van der Waals surface area contributed by atoms with E-state index >= 15 is 0 Å². The van der Waals surface area contributed by atoms with Gasteiger partial charge in [0.2, 0.25) is 0 Å². The van der Waals surface area contributed by atoms with Crippen LogP contribution < -0.4 is 5.32 Å². The molecule has 6 nitrogen and oxygen atoms in total. The molecule has 0 spiro atoms. The zero-order valence-electron chi connectivity index (χ0n) is 18.6. The maximum Gasteiger partial charge on any atom is 0.342 e. The highest BCUT2D eigenvalue weighted by Gasteiger charge is 2.51. The van der Waals surface area contributed by atoms with E-state index < -0.39 is 12.1 Å². The molecule has 0 saturated heterocycles. The zero-order chi connectivity index (χ0) is 21.8. The number of ether oxygens (including phenoxy) is 1. The molecule has 4 aliphatic carbocycles. The smallest absolute Gasteiger partial charge is 0.342 e. The largest absolute Gasteiger partial charge is 0.449 e. The van der Waals surface area contributed by atoms with Gasteiger partial charge in [0.25, 0.3) is 5.91 Å². The van der Waals surface area contributed by atoms with Gasteiger partial charge in [0, 0.05) is 5.54 Å². The third-order valence-corrected chi connectivity index (χ3v) is 7.58. The lowest BCUT2D eigenvalue weighted by molar-refractivity contribution is -0.134. The molecule has 1 aromatic heterocycles. The van der Waals surface area contributed by atoms with Gasteiger partial charge in [-0.05, 0) is 89.2 Å². The van der Waals surface area contributed by atoms with E-state index in [4.69, 9.17) is 4.74 Å². The molecule has 1 aromatic carbocycles. The van der Waals surface area contributed by atoms with Crippen molar-refractivity contribution in [3.8, 4) is 5.69 Å². The number of rotatable bonds is 5. The Hall–Kier alpha value is -2.63. The average molecular weight is 422 g/mol. The summed E-state index contributed by atoms with van der Waals surface area (Å²) >= 11 is 0. The molecule has 2 aromatic rings. The van der Waals surface area contributed by atoms with E-state index in [2.05, 4.69) is 10.4 Å². The number of hydrogen-bond acceptors (Lipinski definition) is 4. The Bertz CT molecular complexity index is 975. The minimum absolute atomic E-state index is 0.0868. The first kappa shape index (κ1) is 20.3. The van der Waals surface area contributed by atoms with Crippen LogP contribution in [-0.4, -0.2) is 33.3 Å². The second-order valence-corrected chi connectivity index (χ2v) is 10.0. The number of carbonyl (C=O) groups is 2. The van der Waals surface area contributed by atoms with Crippen LogP contribution in [0.3, 0.4) is 0 Å². The van der Waals surface area contributed by atoms with Crippen molar-refractivity contribution in [2.45, 2.75) is 70.9 Å². The lowest BCUT2D eigenvalue weighted by atomic mass is 9.53. The Kier molecular flexibility index (Phi) is 4.91. The molecule has 0 unspecified atom stereocenters. The van der Waals surface area contributed by atoms with Crippen LogP contribution in [-0.2, 0) is 9.53 Å². The number of nitrogens with one attached hydrogen (secondary N) is 1. The number of hydrogen-bond donors (Lipinski definition) is 1. The Morgan fingerprint density at radius 1 is 1.06 bits per heavy atom. The van der Waals surface area contributed by atoms with E-state index in [1.807, 2.05) is 37.3 Å². The molecule has 1 amide bonds. The second-order valence-electron chi connectivity index (χ2n) is 10.0. The molecule has 0 aliphatic heterocycles. The van der Waals surface area contributed by atoms with Crippen molar-refractivity contribution in [3.05, 3.63) is 47.3 Å². The molecule has 31 heavy (non-hydrogen) atoms. The highest BCUT2D eigenvalue weighted by molar-refractivity contribution is 5.94. The molecule has 1 atom stereocenters. The van der Waals surface area contributed by atoms with Crippen LogP contribution in [0, 0.1) is 31.6 Å². The van der Waals surface area contributed by atoms with Crippen LogP contribution >= 0.6 is 0 Å². The van der Waals surface area contributed by atoms with Crippen LogP contribution in [0.25, 0.3) is 5.69 Å². The molecule has 4 fully saturated rings. The molecule has 4 aliphatic rings. The van der Waals surface area contributed by atoms with Crippen molar-refractivity contribution in [1.82, 2.24) is 15.1 Å². The third kappa shape index (κ3) is 3.66. The van der Waals surface area contributed by atoms with E-state index in [1.165, 1.54) is 19.3 Å². The second kappa shape index (κ2) is 7.50. The van der Waals surface area contributed by atoms with Gasteiger partial charge in [-0.1, -0.05) is 18.2 Å². The summed E-state index contributed by atoms with van der Waals surface area (Å²) in [6, 6.07) is 9.68. The van der Waals surface area contributed by atoms with Gasteiger partial charge in [-0.15, -0.1) is 0 Å². The summed E-state index contributed by atoms with van der Waals surface area (Å²) in [5.74, 6) is 1.57. The van der Waals surface area contributed by atoms with Crippen molar-refractivity contribution in [2.24, 2.45) is 17.8 Å². The van der Waals surface area contributed by atoms with Crippen LogP contribution in [0.1, 0.15) is 67.2 Å². The Labute approximate surface area is 183 Å². The number of benzene rings is 1. The number of nitrogens with zero attached hydrogens (tertiary/aromatic N) is 2. The monoisotopic (exact) mass is 421 g/mol. The Morgan fingerprint density at radius 3 is 2.23 bits per heavy atom. The van der Waals surface area contributed by atoms with Crippen molar-refractivity contribution < 1.29 is 14.3 Å². The summed E-state index contributed by atoms with van der Waals surface area (Å²) in [4.78, 5) is 25.9. The number of amides is 1. The van der Waals surface area contributed by atoms with Gasteiger partial charge in [-0.2, -0.15) is 5.10 Å². The average Bonchev–Trinajstić information content (AvgIpc) is 3.01. The van der Waals surface area contributed by atoms with Gasteiger partial charge < -0.3 is 10.1 Å².